The molecule has 0 aliphatic heterocycles. The molecule has 2 aromatic heterocycles. The van der Waals surface area contributed by atoms with Crippen LogP contribution in [0.5, 0.6) is 0 Å². The van der Waals surface area contributed by atoms with Crippen molar-refractivity contribution in [1.82, 2.24) is 9.97 Å². The van der Waals surface area contributed by atoms with Crippen LogP contribution in [0, 0.1) is 0 Å². The minimum absolute atomic E-state index is 0.578. The normalized spacial score (nSPS) is 10.9. The van der Waals surface area contributed by atoms with Crippen LogP contribution in [0.25, 0.3) is 22.5 Å². The zero-order chi connectivity index (χ0) is 16.9. The first-order chi connectivity index (χ1) is 12.4. The number of H-pyrrole nitrogens is 2. The Balaban J connectivity index is 1.50. The van der Waals surface area contributed by atoms with Gasteiger partial charge in [-0.3, -0.25) is 0 Å². The molecule has 0 radical (unpaired) electrons. The minimum Gasteiger partial charge on any atom is -0.372 e. The van der Waals surface area contributed by atoms with E-state index in [2.05, 4.69) is 70.6 Å². The molecule has 0 amide bonds. The van der Waals surface area contributed by atoms with Crippen molar-refractivity contribution in [2.45, 2.75) is 13.2 Å². The maximum absolute atomic E-state index is 6.06. The Labute approximate surface area is 147 Å². The van der Waals surface area contributed by atoms with Crippen LogP contribution in [-0.2, 0) is 18.0 Å². The fraction of sp³-hybridized carbons (Fsp3) is 0.0909. The maximum Gasteiger partial charge on any atom is 0.0728 e. The quantitative estimate of drug-likeness (QED) is 0.489. The summed E-state index contributed by atoms with van der Waals surface area (Å²) < 4.78 is 6.06. The standard InChI is InChI=1S/C22H20N2O/c1-3-9-19(21-11-5-13-23-21)17(7-1)15-25-16-18-8-2-4-10-20(18)22-12-6-14-24-22/h1-14,23-24H,15-16H2. The molecule has 2 heterocycles. The molecule has 0 aliphatic rings. The summed E-state index contributed by atoms with van der Waals surface area (Å²) >= 11 is 0. The molecule has 4 rings (SSSR count). The van der Waals surface area contributed by atoms with Crippen LogP contribution >= 0.6 is 0 Å². The molecule has 124 valence electrons. The molecule has 0 unspecified atom stereocenters. The second-order valence-electron chi connectivity index (χ2n) is 5.97. The molecular formula is C22H20N2O. The Kier molecular flexibility index (Phi) is 4.49. The number of rotatable bonds is 6. The van der Waals surface area contributed by atoms with E-state index in [1.54, 1.807) is 0 Å². The van der Waals surface area contributed by atoms with E-state index in [0.717, 1.165) is 11.4 Å². The summed E-state index contributed by atoms with van der Waals surface area (Å²) in [6.07, 6.45) is 3.89. The van der Waals surface area contributed by atoms with E-state index < -0.39 is 0 Å². The molecule has 0 fully saturated rings. The van der Waals surface area contributed by atoms with Crippen molar-refractivity contribution in [2.24, 2.45) is 0 Å². The van der Waals surface area contributed by atoms with Gasteiger partial charge >= 0.3 is 0 Å². The lowest BCUT2D eigenvalue weighted by molar-refractivity contribution is 0.108. The fourth-order valence-electron chi connectivity index (χ4n) is 3.08. The van der Waals surface area contributed by atoms with Crippen LogP contribution in [0.3, 0.4) is 0 Å². The molecule has 0 saturated carbocycles. The largest absolute Gasteiger partial charge is 0.372 e. The van der Waals surface area contributed by atoms with E-state index in [1.807, 2.05) is 24.5 Å². The Morgan fingerprint density at radius 3 is 1.48 bits per heavy atom. The summed E-state index contributed by atoms with van der Waals surface area (Å²) in [7, 11) is 0. The minimum atomic E-state index is 0.578. The molecule has 2 N–H and O–H groups in total. The van der Waals surface area contributed by atoms with Crippen molar-refractivity contribution in [3.8, 4) is 22.5 Å². The second kappa shape index (κ2) is 7.24. The monoisotopic (exact) mass is 328 g/mol. The highest BCUT2D eigenvalue weighted by atomic mass is 16.5. The molecule has 0 saturated heterocycles. The van der Waals surface area contributed by atoms with Gasteiger partial charge in [0.15, 0.2) is 0 Å². The number of aromatic amines is 2. The summed E-state index contributed by atoms with van der Waals surface area (Å²) in [5, 5.41) is 0. The Hall–Kier alpha value is -3.04. The van der Waals surface area contributed by atoms with Crippen molar-refractivity contribution < 1.29 is 4.74 Å². The Morgan fingerprint density at radius 1 is 0.560 bits per heavy atom. The van der Waals surface area contributed by atoms with Gasteiger partial charge in [0.2, 0.25) is 0 Å². The molecule has 3 heteroatoms. The third-order valence-electron chi connectivity index (χ3n) is 4.33. The number of aromatic nitrogens is 2. The highest BCUT2D eigenvalue weighted by molar-refractivity contribution is 5.64. The van der Waals surface area contributed by atoms with Gasteiger partial charge in [-0.2, -0.15) is 0 Å². The third-order valence-corrected chi connectivity index (χ3v) is 4.33. The van der Waals surface area contributed by atoms with E-state index in [9.17, 15) is 0 Å². The van der Waals surface area contributed by atoms with Gasteiger partial charge < -0.3 is 14.7 Å². The highest BCUT2D eigenvalue weighted by Crippen LogP contribution is 2.25. The average molecular weight is 328 g/mol. The van der Waals surface area contributed by atoms with Gasteiger partial charge in [0, 0.05) is 34.9 Å². The first kappa shape index (κ1) is 15.5. The van der Waals surface area contributed by atoms with Crippen molar-refractivity contribution in [3.63, 3.8) is 0 Å². The summed E-state index contributed by atoms with van der Waals surface area (Å²) in [6, 6.07) is 24.9. The van der Waals surface area contributed by atoms with Crippen LogP contribution in [0.4, 0.5) is 0 Å². The summed E-state index contributed by atoms with van der Waals surface area (Å²) in [5.41, 5.74) is 6.97. The predicted octanol–water partition coefficient (Wildman–Crippen LogP) is 5.39. The molecule has 25 heavy (non-hydrogen) atoms. The topological polar surface area (TPSA) is 40.8 Å². The van der Waals surface area contributed by atoms with Gasteiger partial charge in [-0.1, -0.05) is 48.5 Å². The van der Waals surface area contributed by atoms with Crippen LogP contribution in [-0.4, -0.2) is 9.97 Å². The van der Waals surface area contributed by atoms with Gasteiger partial charge in [-0.25, -0.2) is 0 Å². The van der Waals surface area contributed by atoms with Crippen molar-refractivity contribution in [2.75, 3.05) is 0 Å². The van der Waals surface area contributed by atoms with Crippen molar-refractivity contribution in [3.05, 3.63) is 96.3 Å². The summed E-state index contributed by atoms with van der Waals surface area (Å²) in [4.78, 5) is 6.54. The number of nitrogens with one attached hydrogen (secondary N) is 2. The fourth-order valence-corrected chi connectivity index (χ4v) is 3.08. The van der Waals surface area contributed by atoms with Crippen LogP contribution in [0.15, 0.2) is 85.2 Å². The molecule has 3 nitrogen and oxygen atoms in total. The third kappa shape index (κ3) is 3.42. The Bertz CT molecular complexity index is 847. The van der Waals surface area contributed by atoms with Gasteiger partial charge in [0.25, 0.3) is 0 Å². The molecule has 4 aromatic rings. The summed E-state index contributed by atoms with van der Waals surface area (Å²) in [6.45, 7) is 1.16. The number of hydrogen-bond donors (Lipinski definition) is 2. The zero-order valence-corrected chi connectivity index (χ0v) is 13.9. The number of hydrogen-bond acceptors (Lipinski definition) is 1. The van der Waals surface area contributed by atoms with Gasteiger partial charge in [0.05, 0.1) is 13.2 Å². The van der Waals surface area contributed by atoms with Crippen molar-refractivity contribution >= 4 is 0 Å². The lowest BCUT2D eigenvalue weighted by Gasteiger charge is -2.11. The average Bonchev–Trinajstić information content (AvgIpc) is 3.37. The smallest absolute Gasteiger partial charge is 0.0728 e. The van der Waals surface area contributed by atoms with Crippen molar-refractivity contribution in [1.29, 1.82) is 0 Å². The zero-order valence-electron chi connectivity index (χ0n) is 13.9. The van der Waals surface area contributed by atoms with E-state index in [1.165, 1.54) is 22.3 Å². The van der Waals surface area contributed by atoms with E-state index in [0.29, 0.717) is 13.2 Å². The molecule has 0 spiro atoms. The van der Waals surface area contributed by atoms with Gasteiger partial charge in [-0.05, 0) is 35.4 Å². The van der Waals surface area contributed by atoms with E-state index in [4.69, 9.17) is 4.74 Å². The van der Waals surface area contributed by atoms with E-state index >= 15 is 0 Å². The number of benzene rings is 2. The maximum atomic E-state index is 6.06. The van der Waals surface area contributed by atoms with Crippen LogP contribution in [0.1, 0.15) is 11.1 Å². The lowest BCUT2D eigenvalue weighted by atomic mass is 10.0. The second-order valence-corrected chi connectivity index (χ2v) is 5.97. The van der Waals surface area contributed by atoms with Gasteiger partial charge in [0.1, 0.15) is 0 Å². The molecule has 2 aromatic carbocycles. The SMILES string of the molecule is c1c[nH]c(-c2ccccc2COCc2ccccc2-c2ccc[nH]2)c1. The summed E-state index contributed by atoms with van der Waals surface area (Å²) in [5.74, 6) is 0. The first-order valence-electron chi connectivity index (χ1n) is 8.43. The molecular weight excluding hydrogens is 308 g/mol. The predicted molar refractivity (Wildman–Crippen MR) is 101 cm³/mol. The Morgan fingerprint density at radius 2 is 1.04 bits per heavy atom. The highest BCUT2D eigenvalue weighted by Gasteiger charge is 2.08. The molecule has 0 aliphatic carbocycles. The number of ether oxygens (including phenoxy) is 1. The molecule has 0 atom stereocenters. The lowest BCUT2D eigenvalue weighted by Crippen LogP contribution is -1.98. The van der Waals surface area contributed by atoms with Gasteiger partial charge in [-0.15, -0.1) is 0 Å². The van der Waals surface area contributed by atoms with E-state index in [-0.39, 0.29) is 0 Å². The molecule has 0 bridgehead atoms. The first-order valence-corrected chi connectivity index (χ1v) is 8.43. The van der Waals surface area contributed by atoms with Crippen LogP contribution < -0.4 is 0 Å². The van der Waals surface area contributed by atoms with Crippen LogP contribution in [0.2, 0.25) is 0 Å².